The molecule has 2 N–H and O–H groups in total. The summed E-state index contributed by atoms with van der Waals surface area (Å²) < 4.78 is 3.22. The fraction of sp³-hybridized carbons (Fsp3) is 0.273. The third kappa shape index (κ3) is 1.20. The Morgan fingerprint density at radius 3 is 2.79 bits per heavy atom. The van der Waals surface area contributed by atoms with E-state index >= 15 is 0 Å². The van der Waals surface area contributed by atoms with Gasteiger partial charge in [0.15, 0.2) is 0 Å². The van der Waals surface area contributed by atoms with Crippen molar-refractivity contribution < 1.29 is 0 Å². The summed E-state index contributed by atoms with van der Waals surface area (Å²) >= 11 is 3.57. The first-order chi connectivity index (χ1) is 6.66. The summed E-state index contributed by atoms with van der Waals surface area (Å²) in [5.74, 6) is 0. The standard InChI is InChI=1S/C11H13BrN2/c1-7-4-3-5-9-10(7)8(6-13)11(12)14(9)2/h3-5H,6,13H2,1-2H3. The van der Waals surface area contributed by atoms with Gasteiger partial charge in [0.1, 0.15) is 0 Å². The van der Waals surface area contributed by atoms with Gasteiger partial charge < -0.3 is 10.3 Å². The molecule has 0 saturated carbocycles. The summed E-state index contributed by atoms with van der Waals surface area (Å²) in [7, 11) is 2.05. The summed E-state index contributed by atoms with van der Waals surface area (Å²) in [4.78, 5) is 0. The third-order valence-electron chi connectivity index (χ3n) is 2.66. The largest absolute Gasteiger partial charge is 0.338 e. The molecule has 0 spiro atoms. The van der Waals surface area contributed by atoms with Gasteiger partial charge >= 0.3 is 0 Å². The topological polar surface area (TPSA) is 30.9 Å². The van der Waals surface area contributed by atoms with Gasteiger partial charge in [-0.1, -0.05) is 12.1 Å². The lowest BCUT2D eigenvalue weighted by molar-refractivity contribution is 0.917. The second-order valence-corrected chi connectivity index (χ2v) is 4.25. The third-order valence-corrected chi connectivity index (χ3v) is 3.67. The van der Waals surface area contributed by atoms with Gasteiger partial charge in [-0.2, -0.15) is 0 Å². The fourth-order valence-electron chi connectivity index (χ4n) is 1.92. The van der Waals surface area contributed by atoms with E-state index in [0.29, 0.717) is 6.54 Å². The van der Waals surface area contributed by atoms with Gasteiger partial charge in [0.2, 0.25) is 0 Å². The average Bonchev–Trinajstić information content (AvgIpc) is 2.43. The lowest BCUT2D eigenvalue weighted by Crippen LogP contribution is -1.97. The van der Waals surface area contributed by atoms with Crippen molar-refractivity contribution in [2.45, 2.75) is 13.5 Å². The minimum atomic E-state index is 0.572. The molecule has 0 aliphatic rings. The van der Waals surface area contributed by atoms with Crippen molar-refractivity contribution in [3.63, 3.8) is 0 Å². The normalized spacial score (nSPS) is 11.1. The predicted octanol–water partition coefficient (Wildman–Crippen LogP) is 2.71. The molecule has 1 aromatic carbocycles. The highest BCUT2D eigenvalue weighted by molar-refractivity contribution is 9.10. The summed E-state index contributed by atoms with van der Waals surface area (Å²) in [5.41, 5.74) is 9.47. The van der Waals surface area contributed by atoms with Crippen LogP contribution in [0.1, 0.15) is 11.1 Å². The monoisotopic (exact) mass is 252 g/mol. The zero-order valence-corrected chi connectivity index (χ0v) is 9.93. The summed E-state index contributed by atoms with van der Waals surface area (Å²) in [6.07, 6.45) is 0. The minimum absolute atomic E-state index is 0.572. The molecular formula is C11H13BrN2. The first-order valence-electron chi connectivity index (χ1n) is 4.59. The van der Waals surface area contributed by atoms with E-state index in [1.165, 1.54) is 22.0 Å². The smallest absolute Gasteiger partial charge is 0.0900 e. The van der Waals surface area contributed by atoms with Crippen LogP contribution in [0.4, 0.5) is 0 Å². The zero-order valence-electron chi connectivity index (χ0n) is 8.34. The molecule has 2 rings (SSSR count). The molecule has 2 aromatic rings. The average molecular weight is 253 g/mol. The van der Waals surface area contributed by atoms with E-state index < -0.39 is 0 Å². The van der Waals surface area contributed by atoms with Crippen LogP contribution in [0.3, 0.4) is 0 Å². The van der Waals surface area contributed by atoms with Crippen molar-refractivity contribution in [3.8, 4) is 0 Å². The van der Waals surface area contributed by atoms with Gasteiger partial charge in [-0.05, 0) is 34.5 Å². The molecule has 0 fully saturated rings. The highest BCUT2D eigenvalue weighted by Gasteiger charge is 2.12. The molecule has 0 amide bonds. The summed E-state index contributed by atoms with van der Waals surface area (Å²) in [6, 6.07) is 6.31. The molecule has 0 bridgehead atoms. The van der Waals surface area contributed by atoms with Crippen molar-refractivity contribution in [3.05, 3.63) is 33.9 Å². The summed E-state index contributed by atoms with van der Waals surface area (Å²) in [6.45, 7) is 2.69. The van der Waals surface area contributed by atoms with E-state index in [1.54, 1.807) is 0 Å². The van der Waals surface area contributed by atoms with Crippen molar-refractivity contribution >= 4 is 26.8 Å². The van der Waals surface area contributed by atoms with Crippen LogP contribution in [0.2, 0.25) is 0 Å². The molecule has 74 valence electrons. The molecule has 1 aromatic heterocycles. The first-order valence-corrected chi connectivity index (χ1v) is 5.38. The molecule has 0 atom stereocenters. The Kier molecular flexibility index (Phi) is 2.37. The number of aromatic nitrogens is 1. The molecule has 3 heteroatoms. The number of nitrogens with zero attached hydrogens (tertiary/aromatic N) is 1. The number of benzene rings is 1. The highest BCUT2D eigenvalue weighted by atomic mass is 79.9. The van der Waals surface area contributed by atoms with E-state index in [9.17, 15) is 0 Å². The first kappa shape index (κ1) is 9.74. The number of aryl methyl sites for hydroxylation is 2. The van der Waals surface area contributed by atoms with Crippen LogP contribution in [0, 0.1) is 6.92 Å². The summed E-state index contributed by atoms with van der Waals surface area (Å²) in [5, 5.41) is 1.28. The Balaban J connectivity index is 2.96. The molecule has 14 heavy (non-hydrogen) atoms. The quantitative estimate of drug-likeness (QED) is 0.832. The van der Waals surface area contributed by atoms with E-state index in [4.69, 9.17) is 5.73 Å². The molecule has 1 heterocycles. The van der Waals surface area contributed by atoms with Crippen molar-refractivity contribution in [1.82, 2.24) is 4.57 Å². The Morgan fingerprint density at radius 1 is 1.43 bits per heavy atom. The van der Waals surface area contributed by atoms with E-state index in [2.05, 4.69) is 45.6 Å². The van der Waals surface area contributed by atoms with Crippen LogP contribution < -0.4 is 5.73 Å². The van der Waals surface area contributed by atoms with E-state index in [-0.39, 0.29) is 0 Å². The zero-order chi connectivity index (χ0) is 10.3. The lowest BCUT2D eigenvalue weighted by atomic mass is 10.1. The molecule has 0 aliphatic heterocycles. The van der Waals surface area contributed by atoms with Gasteiger partial charge in [-0.15, -0.1) is 0 Å². The van der Waals surface area contributed by atoms with Crippen LogP contribution in [0.5, 0.6) is 0 Å². The number of halogens is 1. The number of rotatable bonds is 1. The fourth-order valence-corrected chi connectivity index (χ4v) is 2.47. The Hall–Kier alpha value is -0.800. The van der Waals surface area contributed by atoms with E-state index in [0.717, 1.165) is 4.60 Å². The van der Waals surface area contributed by atoms with Crippen LogP contribution in [-0.2, 0) is 13.6 Å². The molecule has 2 nitrogen and oxygen atoms in total. The Labute approximate surface area is 91.8 Å². The number of fused-ring (bicyclic) bond motifs is 1. The molecule has 0 unspecified atom stereocenters. The molecule has 0 saturated heterocycles. The van der Waals surface area contributed by atoms with Gasteiger partial charge in [0, 0.05) is 30.1 Å². The van der Waals surface area contributed by atoms with Gasteiger partial charge in [0.25, 0.3) is 0 Å². The number of nitrogens with two attached hydrogens (primary N) is 1. The maximum atomic E-state index is 5.76. The highest BCUT2D eigenvalue weighted by Crippen LogP contribution is 2.31. The van der Waals surface area contributed by atoms with Crippen LogP contribution in [0.25, 0.3) is 10.9 Å². The van der Waals surface area contributed by atoms with Crippen molar-refractivity contribution in [2.24, 2.45) is 12.8 Å². The Morgan fingerprint density at radius 2 is 2.14 bits per heavy atom. The van der Waals surface area contributed by atoms with Gasteiger partial charge in [-0.3, -0.25) is 0 Å². The maximum Gasteiger partial charge on any atom is 0.0900 e. The predicted molar refractivity (Wildman–Crippen MR) is 63.2 cm³/mol. The molecule has 0 aliphatic carbocycles. The van der Waals surface area contributed by atoms with Gasteiger partial charge in [0.05, 0.1) is 4.60 Å². The second-order valence-electron chi connectivity index (χ2n) is 3.50. The van der Waals surface area contributed by atoms with Crippen LogP contribution >= 0.6 is 15.9 Å². The molecule has 0 radical (unpaired) electrons. The Bertz CT molecular complexity index is 485. The lowest BCUT2D eigenvalue weighted by Gasteiger charge is -1.98. The number of hydrogen-bond acceptors (Lipinski definition) is 1. The van der Waals surface area contributed by atoms with Crippen LogP contribution in [0.15, 0.2) is 22.8 Å². The second kappa shape index (κ2) is 3.41. The van der Waals surface area contributed by atoms with Crippen molar-refractivity contribution in [1.29, 1.82) is 0 Å². The SMILES string of the molecule is Cc1cccc2c1c(CN)c(Br)n2C. The molecular weight excluding hydrogens is 240 g/mol. The maximum absolute atomic E-state index is 5.76. The van der Waals surface area contributed by atoms with Gasteiger partial charge in [-0.25, -0.2) is 0 Å². The number of hydrogen-bond donors (Lipinski definition) is 1. The minimum Gasteiger partial charge on any atom is -0.338 e. The van der Waals surface area contributed by atoms with Crippen LogP contribution in [-0.4, -0.2) is 4.57 Å². The van der Waals surface area contributed by atoms with Crippen molar-refractivity contribution in [2.75, 3.05) is 0 Å². The van der Waals surface area contributed by atoms with E-state index in [1.807, 2.05) is 7.05 Å².